The molecule has 15 rings (SSSR count). The second-order valence-corrected chi connectivity index (χ2v) is 33.7. The van der Waals surface area contributed by atoms with Gasteiger partial charge in [0.1, 0.15) is 85.5 Å². The van der Waals surface area contributed by atoms with Crippen molar-refractivity contribution < 1.29 is 119 Å². The summed E-state index contributed by atoms with van der Waals surface area (Å²) >= 11 is 0. The number of methoxy groups -OCH3 is 1. The van der Waals surface area contributed by atoms with Crippen LogP contribution in [-0.2, 0) is 178 Å². The Morgan fingerprint density at radius 2 is 0.571 bits per heavy atom. The van der Waals surface area contributed by atoms with Crippen LogP contribution in [0.25, 0.3) is 0 Å². The van der Waals surface area contributed by atoms with Gasteiger partial charge in [-0.1, -0.05) is 329 Å². The summed E-state index contributed by atoms with van der Waals surface area (Å²) in [4.78, 5) is 41.2. The summed E-state index contributed by atoms with van der Waals surface area (Å²) < 4.78 is 157. The highest BCUT2D eigenvalue weighted by Crippen LogP contribution is 2.44. The highest BCUT2D eigenvalue weighted by molar-refractivity contribution is 5.69. The van der Waals surface area contributed by atoms with Crippen molar-refractivity contribution in [3.8, 4) is 0 Å². The Bertz CT molecular complexity index is 4950. The summed E-state index contributed by atoms with van der Waals surface area (Å²) in [5, 5.41) is 0. The number of ether oxygens (including phenoxy) is 22. The van der Waals surface area contributed by atoms with Gasteiger partial charge < -0.3 is 104 Å². The molecule has 10 aromatic rings. The van der Waals surface area contributed by atoms with Gasteiger partial charge in [0, 0.05) is 32.4 Å². The third-order valence-corrected chi connectivity index (χ3v) is 23.8. The number of carbonyl (C=O) groups is 3. The lowest BCUT2D eigenvalue weighted by Gasteiger charge is -2.53. The van der Waals surface area contributed by atoms with Gasteiger partial charge in [-0.3, -0.25) is 14.4 Å². The van der Waals surface area contributed by atoms with Gasteiger partial charge >= 0.3 is 17.9 Å². The van der Waals surface area contributed by atoms with Crippen molar-refractivity contribution in [1.82, 2.24) is 0 Å². The van der Waals surface area contributed by atoms with Crippen LogP contribution in [0.1, 0.15) is 121 Å². The fourth-order valence-electron chi connectivity index (χ4n) is 17.1. The van der Waals surface area contributed by atoms with Crippen molar-refractivity contribution in [3.63, 3.8) is 0 Å². The number of hydrogen-bond donors (Lipinski definition) is 0. The van der Waals surface area contributed by atoms with Crippen LogP contribution in [0.15, 0.2) is 303 Å². The lowest BCUT2D eigenvalue weighted by molar-refractivity contribution is -0.421. The molecular weight excluding hydrogens is 1700 g/mol. The first-order valence-corrected chi connectivity index (χ1v) is 46.2. The molecule has 0 aromatic heterocycles. The molecule has 25 nitrogen and oxygen atoms in total. The Kier molecular flexibility index (Phi) is 38.1. The van der Waals surface area contributed by atoms with Crippen LogP contribution in [0.3, 0.4) is 0 Å². The van der Waals surface area contributed by atoms with Crippen LogP contribution in [0.4, 0.5) is 0 Å². The molecule has 5 aliphatic rings. The second-order valence-electron chi connectivity index (χ2n) is 33.7. The zero-order valence-electron chi connectivity index (χ0n) is 75.5. The van der Waals surface area contributed by atoms with E-state index in [4.69, 9.17) is 104 Å². The van der Waals surface area contributed by atoms with E-state index < -0.39 is 141 Å². The summed E-state index contributed by atoms with van der Waals surface area (Å²) in [5.41, 5.74) is 8.38. The molecule has 133 heavy (non-hydrogen) atoms. The predicted octanol–water partition coefficient (Wildman–Crippen LogP) is 17.1. The van der Waals surface area contributed by atoms with E-state index in [2.05, 4.69) is 0 Å². The van der Waals surface area contributed by atoms with Crippen molar-refractivity contribution in [2.75, 3.05) is 40.1 Å². The van der Waals surface area contributed by atoms with Gasteiger partial charge in [-0.2, -0.15) is 0 Å². The Labute approximate surface area is 778 Å². The predicted molar refractivity (Wildman–Crippen MR) is 489 cm³/mol. The number of esters is 3. The molecule has 0 radical (unpaired) electrons. The first-order chi connectivity index (χ1) is 65.5. The summed E-state index contributed by atoms with van der Waals surface area (Å²) in [7, 11) is 1.41. The first-order valence-electron chi connectivity index (χ1n) is 46.2. The van der Waals surface area contributed by atoms with Crippen molar-refractivity contribution in [1.29, 1.82) is 0 Å². The molecule has 0 amide bonds. The standard InChI is InChI=1S/C108H122O25/c1-75(109)124-101-97(121-69-84-54-32-15-33-55-84)93(118-66-81-48-26-12-27-49-81)88(72-114-63-78-42-20-9-21-43-78)127-106(101)131-99-95-90(74-123-104(130-95)86-58-36-17-37-59-86)129-108(103(99)125-76(2)110)133-102-98(122-70-85-56-34-16-35-57-85)94(119-67-82-50-28-13-29-51-82)89(73-115-64-79-44-22-10-23-45-79)128-107(102)132-100-96(120-68-83-52-30-14-31-53-83)92(117-65-80-46-24-11-25-47-80)87(71-113-62-77-40-18-8-19-41-77)126-105(100)116-61-39-7-5-4-6-38-60-91(111)112-3/h8-37,40-59,87-90,92-108H,4-7,38-39,60-74H2,1-3H3/t87-,88-,89-,90-,92-,93-,94-,95-,96+,97+,98+,99+,100+,101+,102+,103+,104?,105+,106-,107-,108-/m1/s1. The number of carbonyl (C=O) groups excluding carboxylic acids is 3. The molecule has 0 aliphatic carbocycles. The molecule has 5 fully saturated rings. The van der Waals surface area contributed by atoms with Crippen LogP contribution in [0, 0.1) is 0 Å². The molecule has 0 bridgehead atoms. The Morgan fingerprint density at radius 3 is 0.932 bits per heavy atom. The van der Waals surface area contributed by atoms with E-state index in [0.717, 1.165) is 75.8 Å². The monoisotopic (exact) mass is 1820 g/mol. The number of benzene rings is 10. The average Bonchev–Trinajstić information content (AvgIpc) is 0.746. The molecule has 10 aromatic carbocycles. The van der Waals surface area contributed by atoms with Gasteiger partial charge in [0.2, 0.25) is 0 Å². The van der Waals surface area contributed by atoms with Crippen molar-refractivity contribution in [2.45, 2.75) is 247 Å². The van der Waals surface area contributed by atoms with Gasteiger partial charge in [0.25, 0.3) is 0 Å². The van der Waals surface area contributed by atoms with Gasteiger partial charge in [-0.25, -0.2) is 0 Å². The SMILES string of the molecule is COC(=O)CCCCCCCCO[C@H]1O[C@H](COCc2ccccc2)[C@@H](OCc2ccccc2)[C@H](OCc2ccccc2)[C@@H]1O[C@H]1O[C@H](COCc2ccccc2)[C@@H](OCc2ccccc2)[C@H](OCc2ccccc2)[C@@H]1O[C@H]1O[C@@H]2COC(c3ccccc3)O[C@H]2[C@H](O[C@H]2O[C@H](COCc3ccccc3)[C@@H](OCc3ccccc3)[C@H](OCc3ccccc3)[C@@H]2OC(C)=O)[C@@H]1OC(C)=O. The van der Waals surface area contributed by atoms with Crippen LogP contribution in [0.2, 0.25) is 0 Å². The van der Waals surface area contributed by atoms with E-state index in [1.54, 1.807) is 0 Å². The third kappa shape index (κ3) is 29.2. The van der Waals surface area contributed by atoms with E-state index in [1.165, 1.54) is 21.0 Å². The smallest absolute Gasteiger partial charge is 0.305 e. The van der Waals surface area contributed by atoms with E-state index >= 15 is 0 Å². The minimum absolute atomic E-state index is 0.0156. The van der Waals surface area contributed by atoms with Crippen LogP contribution in [-0.4, -0.2) is 181 Å². The average molecular weight is 1820 g/mol. The molecule has 25 heteroatoms. The Balaban J connectivity index is 0.870. The maximum atomic E-state index is 14.8. The fraction of sp³-hybridized carbons (Fsp3) is 0.417. The van der Waals surface area contributed by atoms with Crippen molar-refractivity contribution in [2.24, 2.45) is 0 Å². The zero-order chi connectivity index (χ0) is 91.4. The van der Waals surface area contributed by atoms with Crippen LogP contribution >= 0.6 is 0 Å². The molecule has 5 aliphatic heterocycles. The fourth-order valence-corrected chi connectivity index (χ4v) is 17.1. The van der Waals surface area contributed by atoms with Gasteiger partial charge in [0.15, 0.2) is 43.7 Å². The van der Waals surface area contributed by atoms with Crippen molar-refractivity contribution >= 4 is 17.9 Å². The quantitative estimate of drug-likeness (QED) is 0.0195. The molecule has 0 spiro atoms. The first kappa shape index (κ1) is 97.4. The number of unbranched alkanes of at least 4 members (excludes halogenated alkanes) is 5. The highest BCUT2D eigenvalue weighted by Gasteiger charge is 2.61. The number of hydrogen-bond acceptors (Lipinski definition) is 25. The Hall–Kier alpha value is -10.2. The van der Waals surface area contributed by atoms with E-state index in [-0.39, 0.29) is 98.5 Å². The summed E-state index contributed by atoms with van der Waals surface area (Å²) in [6, 6.07) is 97.3. The zero-order valence-corrected chi connectivity index (χ0v) is 75.5. The molecule has 5 saturated heterocycles. The molecule has 21 atom stereocenters. The third-order valence-electron chi connectivity index (χ3n) is 23.8. The molecule has 0 N–H and O–H groups in total. The van der Waals surface area contributed by atoms with Gasteiger partial charge in [-0.05, 0) is 62.9 Å². The van der Waals surface area contributed by atoms with E-state index in [1.807, 2.05) is 303 Å². The molecule has 5 heterocycles. The maximum Gasteiger partial charge on any atom is 0.305 e. The highest BCUT2D eigenvalue weighted by atomic mass is 16.8. The lowest BCUT2D eigenvalue weighted by atomic mass is 9.94. The van der Waals surface area contributed by atoms with Gasteiger partial charge in [0.05, 0.1) is 93.0 Å². The number of rotatable bonds is 49. The largest absolute Gasteiger partial charge is 0.469 e. The number of fused-ring (bicyclic) bond motifs is 1. The Morgan fingerprint density at radius 1 is 0.286 bits per heavy atom. The summed E-state index contributed by atoms with van der Waals surface area (Å²) in [5.74, 6) is -1.72. The molecule has 704 valence electrons. The van der Waals surface area contributed by atoms with E-state index in [0.29, 0.717) is 24.8 Å². The van der Waals surface area contributed by atoms with Gasteiger partial charge in [-0.15, -0.1) is 0 Å². The molecule has 1 unspecified atom stereocenters. The molecule has 0 saturated carbocycles. The molecular formula is C108H122O25. The van der Waals surface area contributed by atoms with E-state index in [9.17, 15) is 14.4 Å². The second kappa shape index (κ2) is 52.1. The summed E-state index contributed by atoms with van der Waals surface area (Å²) in [6.45, 7) is 3.31. The van der Waals surface area contributed by atoms with Crippen molar-refractivity contribution in [3.05, 3.63) is 359 Å². The van der Waals surface area contributed by atoms with Crippen LogP contribution in [0.5, 0.6) is 0 Å². The normalized spacial score (nSPS) is 26.4. The minimum Gasteiger partial charge on any atom is -0.469 e. The van der Waals surface area contributed by atoms with Crippen LogP contribution < -0.4 is 0 Å². The lowest BCUT2D eigenvalue weighted by Crippen LogP contribution is -2.70. The summed E-state index contributed by atoms with van der Waals surface area (Å²) in [6.07, 6.45) is -21.7. The maximum absolute atomic E-state index is 14.8. The minimum atomic E-state index is -1.74. The topological polar surface area (TPSA) is 254 Å².